The van der Waals surface area contributed by atoms with Crippen LogP contribution in [0, 0.1) is 5.82 Å². The fraction of sp³-hybridized carbons (Fsp3) is 0.409. The molecule has 10 nitrogen and oxygen atoms in total. The minimum Gasteiger partial charge on any atom is -0.383 e. The van der Waals surface area contributed by atoms with E-state index in [0.717, 1.165) is 6.26 Å². The second-order valence-electron chi connectivity index (χ2n) is 8.66. The Morgan fingerprint density at radius 2 is 1.74 bits per heavy atom. The molecule has 182 valence electrons. The number of amides is 1. The van der Waals surface area contributed by atoms with Crippen molar-refractivity contribution in [2.75, 3.05) is 17.8 Å². The van der Waals surface area contributed by atoms with Gasteiger partial charge < -0.3 is 23.2 Å². The molecule has 0 unspecified atom stereocenters. The van der Waals surface area contributed by atoms with Gasteiger partial charge in [0.1, 0.15) is 23.8 Å². The molecule has 3 aliphatic rings. The summed E-state index contributed by atoms with van der Waals surface area (Å²) in [6.45, 7) is 3.83. The number of hydrogen-bond donors (Lipinski definition) is 0. The van der Waals surface area contributed by atoms with Crippen LogP contribution in [0.4, 0.5) is 14.9 Å². The van der Waals surface area contributed by atoms with Crippen LogP contribution in [-0.4, -0.2) is 56.7 Å². The number of halogens is 1. The number of nitrogens with zero attached hydrogens (tertiary/aromatic N) is 2. The molecule has 0 aromatic heterocycles. The quantitative estimate of drug-likeness (QED) is 0.581. The number of fused-ring (bicyclic) bond motifs is 1. The third-order valence-corrected chi connectivity index (χ3v) is 6.08. The summed E-state index contributed by atoms with van der Waals surface area (Å²) in [6, 6.07) is 11.6. The van der Waals surface area contributed by atoms with Gasteiger partial charge in [-0.15, -0.1) is 0 Å². The van der Waals surface area contributed by atoms with Crippen molar-refractivity contribution in [2.24, 2.45) is 0 Å². The summed E-state index contributed by atoms with van der Waals surface area (Å²) in [7, 11) is -3.71. The number of anilines is 1. The molecule has 2 aromatic carbocycles. The molecule has 0 radical (unpaired) electrons. The predicted octanol–water partition coefficient (Wildman–Crippen LogP) is 2.91. The molecule has 34 heavy (non-hydrogen) atoms. The molecule has 3 heterocycles. The zero-order chi connectivity index (χ0) is 24.3. The predicted molar refractivity (Wildman–Crippen MR) is 115 cm³/mol. The van der Waals surface area contributed by atoms with Crippen molar-refractivity contribution in [3.8, 4) is 5.75 Å². The molecule has 0 saturated carbocycles. The minimum atomic E-state index is -3.71. The van der Waals surface area contributed by atoms with Gasteiger partial charge in [-0.3, -0.25) is 4.90 Å². The Hall–Kier alpha value is -2.77. The maximum Gasteiger partial charge on any atom is 0.435 e. The lowest BCUT2D eigenvalue weighted by molar-refractivity contribution is -0.249. The van der Waals surface area contributed by atoms with Crippen LogP contribution < -0.4 is 9.08 Å². The van der Waals surface area contributed by atoms with Gasteiger partial charge in [0, 0.05) is 5.69 Å². The van der Waals surface area contributed by atoms with Gasteiger partial charge in [0.05, 0.1) is 12.9 Å². The number of rotatable bonds is 5. The summed E-state index contributed by atoms with van der Waals surface area (Å²) in [5.41, 5.74) is 0.968. The van der Waals surface area contributed by atoms with Crippen LogP contribution >= 0.6 is 0 Å². The van der Waals surface area contributed by atoms with E-state index in [1.807, 2.05) is 0 Å². The fourth-order valence-electron chi connectivity index (χ4n) is 4.34. The highest BCUT2D eigenvalue weighted by molar-refractivity contribution is 7.86. The molecule has 0 N–H and O–H groups in total. The largest absolute Gasteiger partial charge is 0.435 e. The lowest BCUT2D eigenvalue weighted by atomic mass is 10.1. The lowest BCUT2D eigenvalue weighted by Crippen LogP contribution is -2.45. The van der Waals surface area contributed by atoms with E-state index in [0.29, 0.717) is 11.3 Å². The molecule has 0 aliphatic carbocycles. The Kier molecular flexibility index (Phi) is 5.52. The van der Waals surface area contributed by atoms with Crippen LogP contribution in [0.25, 0.3) is 0 Å². The first kappa shape index (κ1) is 23.0. The fourth-order valence-corrected chi connectivity index (χ4v) is 4.80. The number of carbonyl (C=O) groups excluding carboxylic acids is 1. The van der Waals surface area contributed by atoms with E-state index in [-0.39, 0.29) is 18.5 Å². The number of ether oxygens (including phenoxy) is 3. The first-order valence-corrected chi connectivity index (χ1v) is 12.3. The van der Waals surface area contributed by atoms with Crippen molar-refractivity contribution in [3.63, 3.8) is 0 Å². The highest BCUT2D eigenvalue weighted by atomic mass is 32.2. The van der Waals surface area contributed by atoms with E-state index in [1.165, 1.54) is 46.4 Å². The smallest absolute Gasteiger partial charge is 0.383 e. The summed E-state index contributed by atoms with van der Waals surface area (Å²) in [5, 5.41) is 1.38. The SMILES string of the molecule is CC1(C)O[C@H]2[C@H](N3OC(=O)N(c4ccc(F)cc4)[C@@H]3c3ccc(OS(C)(=O)=O)cc3)OC[C@H]2O1. The molecule has 12 heteroatoms. The molecule has 0 spiro atoms. The van der Waals surface area contributed by atoms with Crippen molar-refractivity contribution < 1.29 is 40.8 Å². The van der Waals surface area contributed by atoms with Gasteiger partial charge in [0.2, 0.25) is 0 Å². The zero-order valence-corrected chi connectivity index (χ0v) is 19.4. The molecule has 3 saturated heterocycles. The van der Waals surface area contributed by atoms with Gasteiger partial charge in [-0.2, -0.15) is 8.42 Å². The van der Waals surface area contributed by atoms with Crippen molar-refractivity contribution in [2.45, 2.75) is 44.2 Å². The van der Waals surface area contributed by atoms with Gasteiger partial charge in [-0.25, -0.2) is 9.18 Å². The van der Waals surface area contributed by atoms with E-state index < -0.39 is 46.3 Å². The van der Waals surface area contributed by atoms with Gasteiger partial charge in [-0.1, -0.05) is 17.2 Å². The number of carbonyl (C=O) groups is 1. The Morgan fingerprint density at radius 3 is 2.38 bits per heavy atom. The van der Waals surface area contributed by atoms with Crippen LogP contribution in [0.2, 0.25) is 0 Å². The van der Waals surface area contributed by atoms with Crippen molar-refractivity contribution in [3.05, 3.63) is 59.9 Å². The van der Waals surface area contributed by atoms with Crippen LogP contribution in [0.1, 0.15) is 25.6 Å². The summed E-state index contributed by atoms with van der Waals surface area (Å²) in [4.78, 5) is 20.0. The van der Waals surface area contributed by atoms with Crippen molar-refractivity contribution in [1.29, 1.82) is 0 Å². The molecular weight excluding hydrogens is 471 g/mol. The second kappa shape index (κ2) is 8.17. The lowest BCUT2D eigenvalue weighted by Gasteiger charge is -2.32. The van der Waals surface area contributed by atoms with Crippen LogP contribution in [0.15, 0.2) is 48.5 Å². The minimum absolute atomic E-state index is 0.114. The van der Waals surface area contributed by atoms with Crippen LogP contribution in [0.3, 0.4) is 0 Å². The highest BCUT2D eigenvalue weighted by Gasteiger charge is 2.57. The highest BCUT2D eigenvalue weighted by Crippen LogP contribution is 2.44. The second-order valence-corrected chi connectivity index (χ2v) is 10.2. The molecule has 2 aromatic rings. The average molecular weight is 494 g/mol. The van der Waals surface area contributed by atoms with E-state index in [9.17, 15) is 17.6 Å². The standard InChI is InChI=1S/C22H23FN2O8S/c1-22(2)30-17-12-29-20(18(17)31-22)25-19(13-4-10-16(11-5-13)33-34(3,27)28)24(21(26)32-25)15-8-6-14(23)7-9-15/h4-11,17-20H,12H2,1-3H3/t17-,18-,19+,20-/m1/s1. The molecular formula is C22H23FN2O8S. The molecule has 5 rings (SSSR count). The van der Waals surface area contributed by atoms with E-state index in [1.54, 1.807) is 26.0 Å². The monoisotopic (exact) mass is 494 g/mol. The number of hydroxylamine groups is 2. The molecule has 3 fully saturated rings. The third kappa shape index (κ3) is 4.34. The summed E-state index contributed by atoms with van der Waals surface area (Å²) < 4.78 is 59.2. The first-order valence-electron chi connectivity index (χ1n) is 10.5. The number of hydrogen-bond acceptors (Lipinski definition) is 9. The van der Waals surface area contributed by atoms with E-state index in [2.05, 4.69) is 0 Å². The summed E-state index contributed by atoms with van der Waals surface area (Å²) >= 11 is 0. The normalized spacial score (nSPS) is 28.7. The van der Waals surface area contributed by atoms with Crippen molar-refractivity contribution in [1.82, 2.24) is 5.06 Å². The molecule has 1 amide bonds. The average Bonchev–Trinajstić information content (AvgIpc) is 3.37. The third-order valence-electron chi connectivity index (χ3n) is 5.58. The topological polar surface area (TPSA) is 104 Å². The van der Waals surface area contributed by atoms with E-state index >= 15 is 0 Å². The molecule has 0 bridgehead atoms. The Labute approximate surface area is 195 Å². The van der Waals surface area contributed by atoms with Gasteiger partial charge >= 0.3 is 16.2 Å². The van der Waals surface area contributed by atoms with E-state index in [4.69, 9.17) is 23.2 Å². The summed E-state index contributed by atoms with van der Waals surface area (Å²) in [6.07, 6.45) is -2.23. The Balaban J connectivity index is 1.52. The van der Waals surface area contributed by atoms with Gasteiger partial charge in [0.25, 0.3) is 0 Å². The first-order chi connectivity index (χ1) is 16.0. The molecule has 3 aliphatic heterocycles. The van der Waals surface area contributed by atoms with Crippen LogP contribution in [0.5, 0.6) is 5.75 Å². The summed E-state index contributed by atoms with van der Waals surface area (Å²) in [5.74, 6) is -1.16. The van der Waals surface area contributed by atoms with Crippen molar-refractivity contribution >= 4 is 21.9 Å². The van der Waals surface area contributed by atoms with Crippen LogP contribution in [-0.2, 0) is 29.2 Å². The van der Waals surface area contributed by atoms with Gasteiger partial charge in [-0.05, 0) is 55.8 Å². The Bertz CT molecular complexity index is 1190. The zero-order valence-electron chi connectivity index (χ0n) is 18.6. The number of benzene rings is 2. The van der Waals surface area contributed by atoms with Gasteiger partial charge in [0.15, 0.2) is 18.2 Å². The maximum atomic E-state index is 13.6. The Morgan fingerprint density at radius 1 is 1.06 bits per heavy atom. The maximum absolute atomic E-state index is 13.6. The molecule has 4 atom stereocenters.